The van der Waals surface area contributed by atoms with Crippen LogP contribution in [-0.4, -0.2) is 19.5 Å². The van der Waals surface area contributed by atoms with Crippen molar-refractivity contribution in [3.63, 3.8) is 0 Å². The number of nitrogens with zero attached hydrogens (tertiary/aromatic N) is 4. The highest BCUT2D eigenvalue weighted by Gasteiger charge is 2.22. The first kappa shape index (κ1) is 15.6. The molecule has 0 saturated heterocycles. The predicted molar refractivity (Wildman–Crippen MR) is 203 cm³/mol. The second-order valence-electron chi connectivity index (χ2n) is 11.1. The molecule has 0 aliphatic carbocycles. The molecule has 0 unspecified atom stereocenters. The van der Waals surface area contributed by atoms with Crippen molar-refractivity contribution < 1.29 is 29.1 Å². The number of furan rings is 1. The molecule has 0 aliphatic heterocycles. The van der Waals surface area contributed by atoms with Gasteiger partial charge in [-0.05, 0) is 35.8 Å². The molecular weight excluding hydrogens is 613 g/mol. The minimum absolute atomic E-state index is 0.118. The standard InChI is InChI=1S/C45H28N4O/c1-3-15-29(16-4-1)43-46-44(30-17-5-2-6-18-30)48-45(47-43)35-23-14-28-40-42(35)41-34(22-13-27-39(41)50-40)33-21-9-12-26-38(33)49-36-24-10-7-19-31(36)32-20-8-11-25-37(32)49/h1-28H/i7D,8D,9D,10D,11D,12D,13D,14D,19D,20D,21D,22D,23D,24D,25D,26D,27D,28D. The van der Waals surface area contributed by atoms with Crippen molar-refractivity contribution in [3.8, 4) is 51.0 Å². The highest BCUT2D eigenvalue weighted by molar-refractivity contribution is 6.18. The van der Waals surface area contributed by atoms with Crippen LogP contribution in [0, 0.1) is 0 Å². The van der Waals surface area contributed by atoms with Crippen LogP contribution < -0.4 is 0 Å². The van der Waals surface area contributed by atoms with Gasteiger partial charge in [0, 0.05) is 43.8 Å². The van der Waals surface area contributed by atoms with Gasteiger partial charge >= 0.3 is 0 Å². The quantitative estimate of drug-likeness (QED) is 0.185. The average Bonchev–Trinajstić information content (AvgIpc) is 3.91. The highest BCUT2D eigenvalue weighted by Crippen LogP contribution is 2.44. The van der Waals surface area contributed by atoms with Gasteiger partial charge in [0.05, 0.1) is 41.4 Å². The fourth-order valence-corrected chi connectivity index (χ4v) is 6.08. The van der Waals surface area contributed by atoms with E-state index in [1.807, 2.05) is 0 Å². The fourth-order valence-electron chi connectivity index (χ4n) is 6.08. The molecular formula is C45H28N4O. The van der Waals surface area contributed by atoms with Crippen LogP contribution in [0.15, 0.2) is 174 Å². The summed E-state index contributed by atoms with van der Waals surface area (Å²) in [6.07, 6.45) is 0. The summed E-state index contributed by atoms with van der Waals surface area (Å²) >= 11 is 0. The maximum Gasteiger partial charge on any atom is 0.164 e. The lowest BCUT2D eigenvalue weighted by Gasteiger charge is -2.15. The molecule has 3 heterocycles. The maximum atomic E-state index is 9.58. The first-order valence-corrected chi connectivity index (χ1v) is 15.2. The summed E-state index contributed by atoms with van der Waals surface area (Å²) in [7, 11) is 0. The van der Waals surface area contributed by atoms with Gasteiger partial charge < -0.3 is 8.98 Å². The zero-order valence-electron chi connectivity index (χ0n) is 43.5. The van der Waals surface area contributed by atoms with Crippen LogP contribution in [0.3, 0.4) is 0 Å². The van der Waals surface area contributed by atoms with Gasteiger partial charge in [-0.25, -0.2) is 15.0 Å². The minimum atomic E-state index is -0.907. The molecule has 5 heteroatoms. The van der Waals surface area contributed by atoms with Crippen LogP contribution in [0.5, 0.6) is 0 Å². The molecule has 0 bridgehead atoms. The molecule has 10 aromatic rings. The normalized spacial score (nSPS) is 16.6. The Balaban J connectivity index is 1.46. The molecule has 0 saturated carbocycles. The van der Waals surface area contributed by atoms with E-state index in [-0.39, 0.29) is 33.8 Å². The van der Waals surface area contributed by atoms with Crippen molar-refractivity contribution in [2.45, 2.75) is 0 Å². The van der Waals surface area contributed by atoms with Crippen LogP contribution >= 0.6 is 0 Å². The monoisotopic (exact) mass is 658 g/mol. The smallest absolute Gasteiger partial charge is 0.164 e. The number of fused-ring (bicyclic) bond motifs is 6. The van der Waals surface area contributed by atoms with Crippen LogP contribution in [0.1, 0.15) is 24.7 Å². The topological polar surface area (TPSA) is 56.7 Å². The molecule has 0 fully saturated rings. The second kappa shape index (κ2) is 11.4. The summed E-state index contributed by atoms with van der Waals surface area (Å²) in [4.78, 5) is 14.2. The Bertz CT molecular complexity index is 3760. The maximum absolute atomic E-state index is 9.58. The zero-order valence-corrected chi connectivity index (χ0v) is 25.5. The number of benzene rings is 7. The first-order valence-electron chi connectivity index (χ1n) is 24.2. The number of para-hydroxylation sites is 3. The van der Waals surface area contributed by atoms with Gasteiger partial charge in [0.2, 0.25) is 0 Å². The Morgan fingerprint density at radius 1 is 0.440 bits per heavy atom. The SMILES string of the molecule is [2H]c1c([2H])c([2H])c(-n2c3c([2H])c([2H])c([2H])c([2H])c3c3c([2H])c([2H])c([2H])c([2H])c32)c(-c2c([2H])c([2H])c([2H])c3oc4c([2H])c([2H])c([2H])c(-c5nc(-c6ccccc6)nc(-c6ccccc6)n5)c4c23)c1[2H]. The van der Waals surface area contributed by atoms with Gasteiger partial charge in [-0.3, -0.25) is 0 Å². The number of aromatic nitrogens is 4. The Labute approximate surface area is 313 Å². The Morgan fingerprint density at radius 3 is 1.54 bits per heavy atom. The van der Waals surface area contributed by atoms with E-state index in [2.05, 4.69) is 0 Å². The lowest BCUT2D eigenvalue weighted by Crippen LogP contribution is -2.00. The van der Waals surface area contributed by atoms with Gasteiger partial charge in [-0.2, -0.15) is 0 Å². The van der Waals surface area contributed by atoms with E-state index in [9.17, 15) is 5.48 Å². The molecule has 0 amide bonds. The summed E-state index contributed by atoms with van der Waals surface area (Å²) in [6.45, 7) is 0. The summed E-state index contributed by atoms with van der Waals surface area (Å²) in [5, 5.41) is -1.45. The van der Waals surface area contributed by atoms with E-state index >= 15 is 0 Å². The Kier molecular flexibility index (Phi) is 3.55. The molecule has 0 N–H and O–H groups in total. The number of hydrogen-bond donors (Lipinski definition) is 0. The third-order valence-electron chi connectivity index (χ3n) is 8.23. The van der Waals surface area contributed by atoms with Crippen molar-refractivity contribution in [1.82, 2.24) is 19.5 Å². The zero-order chi connectivity index (χ0) is 48.7. The van der Waals surface area contributed by atoms with Gasteiger partial charge in [0.1, 0.15) is 11.2 Å². The van der Waals surface area contributed by atoms with Gasteiger partial charge in [-0.15, -0.1) is 0 Å². The van der Waals surface area contributed by atoms with Crippen molar-refractivity contribution in [1.29, 1.82) is 0 Å². The van der Waals surface area contributed by atoms with Crippen molar-refractivity contribution >= 4 is 43.7 Å². The molecule has 5 nitrogen and oxygen atoms in total. The molecule has 7 aromatic carbocycles. The summed E-state index contributed by atoms with van der Waals surface area (Å²) in [5.41, 5.74) is -3.11. The Hall–Kier alpha value is -6.85. The highest BCUT2D eigenvalue weighted by atomic mass is 16.3. The van der Waals surface area contributed by atoms with Crippen molar-refractivity contribution in [2.75, 3.05) is 0 Å². The molecule has 0 spiro atoms. The number of rotatable bonds is 5. The van der Waals surface area contributed by atoms with Gasteiger partial charge in [0.15, 0.2) is 17.5 Å². The van der Waals surface area contributed by atoms with E-state index in [1.165, 1.54) is 0 Å². The van der Waals surface area contributed by atoms with Crippen LogP contribution in [0.25, 0.3) is 94.7 Å². The van der Waals surface area contributed by atoms with Gasteiger partial charge in [-0.1, -0.05) is 139 Å². The molecule has 10 rings (SSSR count). The molecule has 50 heavy (non-hydrogen) atoms. The third kappa shape index (κ3) is 4.45. The third-order valence-corrected chi connectivity index (χ3v) is 8.23. The minimum Gasteiger partial charge on any atom is -0.456 e. The summed E-state index contributed by atoms with van der Waals surface area (Å²) < 4.78 is 170. The molecule has 0 radical (unpaired) electrons. The fraction of sp³-hybridized carbons (Fsp3) is 0. The van der Waals surface area contributed by atoms with Crippen molar-refractivity contribution in [2.24, 2.45) is 0 Å². The van der Waals surface area contributed by atoms with Crippen LogP contribution in [0.2, 0.25) is 0 Å². The van der Waals surface area contributed by atoms with Crippen LogP contribution in [-0.2, 0) is 0 Å². The van der Waals surface area contributed by atoms with Gasteiger partial charge in [0.25, 0.3) is 0 Å². The first-order chi connectivity index (χ1) is 32.3. The van der Waals surface area contributed by atoms with Crippen molar-refractivity contribution in [3.05, 3.63) is 169 Å². The lowest BCUT2D eigenvalue weighted by molar-refractivity contribution is 0.669. The molecule has 0 atom stereocenters. The summed E-state index contributed by atoms with van der Waals surface area (Å²) in [5.74, 6) is -0.00744. The van der Waals surface area contributed by atoms with E-state index in [4.69, 9.17) is 38.6 Å². The second-order valence-corrected chi connectivity index (χ2v) is 11.1. The van der Waals surface area contributed by atoms with E-state index in [0.717, 1.165) is 4.57 Å². The largest absolute Gasteiger partial charge is 0.456 e. The lowest BCUT2D eigenvalue weighted by atomic mass is 9.95. The van der Waals surface area contributed by atoms with E-state index in [1.54, 1.807) is 60.7 Å². The predicted octanol–water partition coefficient (Wildman–Crippen LogP) is 11.5. The molecule has 234 valence electrons. The molecule has 0 aliphatic rings. The number of hydrogen-bond acceptors (Lipinski definition) is 4. The van der Waals surface area contributed by atoms with E-state index < -0.39 is 159 Å². The average molecular weight is 659 g/mol. The molecule has 3 aromatic heterocycles. The van der Waals surface area contributed by atoms with E-state index in [0.29, 0.717) is 11.1 Å². The summed E-state index contributed by atoms with van der Waals surface area (Å²) in [6, 6.07) is 3.32. The van der Waals surface area contributed by atoms with Crippen LogP contribution in [0.4, 0.5) is 0 Å². The Morgan fingerprint density at radius 2 is 0.920 bits per heavy atom.